The van der Waals surface area contributed by atoms with Crippen molar-refractivity contribution in [3.63, 3.8) is 0 Å². The van der Waals surface area contributed by atoms with Gasteiger partial charge in [0.05, 0.1) is 15.6 Å². The normalized spacial score (nSPS) is 11.2. The van der Waals surface area contributed by atoms with E-state index in [1.165, 1.54) is 24.3 Å². The summed E-state index contributed by atoms with van der Waals surface area (Å²) in [6.45, 7) is 0. The van der Waals surface area contributed by atoms with E-state index in [1.54, 1.807) is 36.4 Å². The summed E-state index contributed by atoms with van der Waals surface area (Å²) in [6, 6.07) is 16.2. The molecule has 0 atom stereocenters. The molecule has 0 aliphatic carbocycles. The van der Waals surface area contributed by atoms with Gasteiger partial charge in [-0.1, -0.05) is 29.8 Å². The van der Waals surface area contributed by atoms with Crippen molar-refractivity contribution < 1.29 is 17.6 Å². The first kappa shape index (κ1) is 20.0. The molecule has 3 aromatic rings. The van der Waals surface area contributed by atoms with Gasteiger partial charge in [-0.15, -0.1) is 0 Å². The molecule has 0 saturated heterocycles. The number of sulfone groups is 1. The second kappa shape index (κ2) is 8.08. The molecule has 2 aromatic carbocycles. The van der Waals surface area contributed by atoms with E-state index in [1.807, 2.05) is 19.0 Å². The van der Waals surface area contributed by atoms with E-state index in [0.29, 0.717) is 10.7 Å². The first-order valence-electron chi connectivity index (χ1n) is 8.41. The van der Waals surface area contributed by atoms with Crippen molar-refractivity contribution in [2.24, 2.45) is 0 Å². The minimum Gasteiger partial charge on any atom is -0.455 e. The number of hydrogen-bond donors (Lipinski definition) is 1. The number of nitrogens with zero attached hydrogens (tertiary/aromatic N) is 1. The van der Waals surface area contributed by atoms with E-state index >= 15 is 0 Å². The molecular formula is C20H19ClN2O4S. The summed E-state index contributed by atoms with van der Waals surface area (Å²) in [4.78, 5) is 14.4. The maximum Gasteiger partial charge on any atom is 0.291 e. The van der Waals surface area contributed by atoms with Crippen LogP contribution in [-0.2, 0) is 15.6 Å². The van der Waals surface area contributed by atoms with Crippen LogP contribution in [0.15, 0.2) is 70.0 Å². The van der Waals surface area contributed by atoms with E-state index < -0.39 is 15.7 Å². The fraction of sp³-hybridized carbons (Fsp3) is 0.150. The van der Waals surface area contributed by atoms with Crippen molar-refractivity contribution in [3.8, 4) is 0 Å². The smallest absolute Gasteiger partial charge is 0.291 e. The third kappa shape index (κ3) is 4.55. The summed E-state index contributed by atoms with van der Waals surface area (Å²) in [5.41, 5.74) is 1.33. The molecule has 1 aromatic heterocycles. The Hall–Kier alpha value is -2.77. The third-order valence-corrected chi connectivity index (χ3v) is 5.97. The molecule has 0 saturated carbocycles. The Bertz CT molecular complexity index is 1090. The Morgan fingerprint density at radius 1 is 1.07 bits per heavy atom. The summed E-state index contributed by atoms with van der Waals surface area (Å²) >= 11 is 6.21. The van der Waals surface area contributed by atoms with Gasteiger partial charge in [-0.25, -0.2) is 8.42 Å². The van der Waals surface area contributed by atoms with Gasteiger partial charge in [0.1, 0.15) is 11.5 Å². The number of anilines is 2. The Morgan fingerprint density at radius 2 is 1.79 bits per heavy atom. The lowest BCUT2D eigenvalue weighted by molar-refractivity contribution is 0.0995. The van der Waals surface area contributed by atoms with Crippen LogP contribution in [0.25, 0.3) is 0 Å². The largest absolute Gasteiger partial charge is 0.455 e. The zero-order valence-corrected chi connectivity index (χ0v) is 16.9. The second-order valence-corrected chi connectivity index (χ2v) is 8.75. The SMILES string of the molecule is CN(C)c1ccc(NC(=O)c2ccc(CS(=O)(=O)c3ccccc3)o2)cc1Cl. The van der Waals surface area contributed by atoms with Crippen molar-refractivity contribution in [3.05, 3.63) is 77.2 Å². The number of carbonyl (C=O) groups is 1. The highest BCUT2D eigenvalue weighted by molar-refractivity contribution is 7.90. The molecule has 0 radical (unpaired) electrons. The highest BCUT2D eigenvalue weighted by Crippen LogP contribution is 2.27. The molecule has 1 heterocycles. The molecule has 0 aliphatic heterocycles. The second-order valence-electron chi connectivity index (χ2n) is 6.35. The van der Waals surface area contributed by atoms with Gasteiger partial charge in [0.15, 0.2) is 15.6 Å². The van der Waals surface area contributed by atoms with Crippen molar-refractivity contribution in [1.82, 2.24) is 0 Å². The summed E-state index contributed by atoms with van der Waals surface area (Å²) in [5, 5.41) is 3.19. The van der Waals surface area contributed by atoms with Crippen molar-refractivity contribution in [1.29, 1.82) is 0 Å². The molecule has 1 N–H and O–H groups in total. The number of hydrogen-bond acceptors (Lipinski definition) is 5. The van der Waals surface area contributed by atoms with Crippen molar-refractivity contribution in [2.45, 2.75) is 10.6 Å². The molecule has 0 spiro atoms. The zero-order valence-electron chi connectivity index (χ0n) is 15.3. The fourth-order valence-electron chi connectivity index (χ4n) is 2.62. The monoisotopic (exact) mass is 418 g/mol. The number of carbonyl (C=O) groups excluding carboxylic acids is 1. The van der Waals surface area contributed by atoms with Crippen LogP contribution in [-0.4, -0.2) is 28.4 Å². The molecule has 1 amide bonds. The van der Waals surface area contributed by atoms with Gasteiger partial charge in [0.25, 0.3) is 5.91 Å². The lowest BCUT2D eigenvalue weighted by Crippen LogP contribution is -2.12. The predicted octanol–water partition coefficient (Wildman–Crippen LogP) is 4.23. The van der Waals surface area contributed by atoms with E-state index in [2.05, 4.69) is 5.32 Å². The molecule has 0 unspecified atom stereocenters. The third-order valence-electron chi connectivity index (χ3n) is 4.01. The first-order valence-corrected chi connectivity index (χ1v) is 10.4. The van der Waals surface area contributed by atoms with Crippen molar-refractivity contribution >= 4 is 38.7 Å². The summed E-state index contributed by atoms with van der Waals surface area (Å²) in [7, 11) is 0.186. The van der Waals surface area contributed by atoms with E-state index in [4.69, 9.17) is 16.0 Å². The minimum absolute atomic E-state index is 0.0195. The van der Waals surface area contributed by atoms with E-state index in [0.717, 1.165) is 5.69 Å². The van der Waals surface area contributed by atoms with Gasteiger partial charge < -0.3 is 14.6 Å². The van der Waals surface area contributed by atoms with Crippen LogP contribution in [0.2, 0.25) is 5.02 Å². The van der Waals surface area contributed by atoms with Gasteiger partial charge in [0.2, 0.25) is 0 Å². The lowest BCUT2D eigenvalue weighted by atomic mass is 10.2. The van der Waals surface area contributed by atoms with Gasteiger partial charge in [-0.05, 0) is 42.5 Å². The molecule has 0 fully saturated rings. The lowest BCUT2D eigenvalue weighted by Gasteiger charge is -2.15. The van der Waals surface area contributed by atoms with Gasteiger partial charge >= 0.3 is 0 Å². The Balaban J connectivity index is 1.72. The summed E-state index contributed by atoms with van der Waals surface area (Å²) < 4.78 is 30.3. The van der Waals surface area contributed by atoms with Crippen LogP contribution in [0, 0.1) is 0 Å². The number of benzene rings is 2. The topological polar surface area (TPSA) is 79.6 Å². The van der Waals surface area contributed by atoms with Crippen LogP contribution in [0.1, 0.15) is 16.3 Å². The predicted molar refractivity (Wildman–Crippen MR) is 110 cm³/mol. The molecule has 6 nitrogen and oxygen atoms in total. The quantitative estimate of drug-likeness (QED) is 0.648. The fourth-order valence-corrected chi connectivity index (χ4v) is 4.23. The average Bonchev–Trinajstić information content (AvgIpc) is 3.10. The first-order chi connectivity index (χ1) is 13.3. The summed E-state index contributed by atoms with van der Waals surface area (Å²) in [5.74, 6) is -0.605. The molecule has 0 aliphatic rings. The molecule has 8 heteroatoms. The minimum atomic E-state index is -3.55. The molecule has 0 bridgehead atoms. The highest BCUT2D eigenvalue weighted by Gasteiger charge is 2.19. The number of nitrogens with one attached hydrogen (secondary N) is 1. The number of furan rings is 1. The van der Waals surface area contributed by atoms with Gasteiger partial charge in [-0.2, -0.15) is 0 Å². The number of rotatable bonds is 6. The van der Waals surface area contributed by atoms with E-state index in [9.17, 15) is 13.2 Å². The Morgan fingerprint density at radius 3 is 2.43 bits per heavy atom. The van der Waals surface area contributed by atoms with Gasteiger partial charge in [0, 0.05) is 19.8 Å². The maximum absolute atomic E-state index is 12.4. The Kier molecular flexibility index (Phi) is 5.76. The molecule has 146 valence electrons. The summed E-state index contributed by atoms with van der Waals surface area (Å²) in [6.07, 6.45) is 0. The van der Waals surface area contributed by atoms with Crippen LogP contribution in [0.3, 0.4) is 0 Å². The van der Waals surface area contributed by atoms with Gasteiger partial charge in [-0.3, -0.25) is 4.79 Å². The molecular weight excluding hydrogens is 400 g/mol. The van der Waals surface area contributed by atoms with E-state index in [-0.39, 0.29) is 22.2 Å². The molecule has 28 heavy (non-hydrogen) atoms. The number of amides is 1. The van der Waals surface area contributed by atoms with Crippen LogP contribution in [0.4, 0.5) is 11.4 Å². The van der Waals surface area contributed by atoms with Crippen LogP contribution in [0.5, 0.6) is 0 Å². The highest BCUT2D eigenvalue weighted by atomic mass is 35.5. The molecule has 3 rings (SSSR count). The maximum atomic E-state index is 12.4. The number of halogens is 1. The standard InChI is InChI=1S/C20H19ClN2O4S/c1-23(2)18-10-8-14(12-17(18)21)22-20(24)19-11-9-15(27-19)13-28(25,26)16-6-4-3-5-7-16/h3-12H,13H2,1-2H3,(H,22,24). The zero-order chi connectivity index (χ0) is 20.3. The van der Waals surface area contributed by atoms with Crippen LogP contribution >= 0.6 is 11.6 Å². The Labute approximate surface area is 168 Å². The average molecular weight is 419 g/mol. The van der Waals surface area contributed by atoms with Crippen molar-refractivity contribution in [2.75, 3.05) is 24.3 Å². The van der Waals surface area contributed by atoms with Crippen LogP contribution < -0.4 is 10.2 Å².